The molecule has 1 N–H and O–H groups in total. The number of pyridine rings is 1. The van der Waals surface area contributed by atoms with E-state index in [-0.39, 0.29) is 6.42 Å². The second kappa shape index (κ2) is 5.48. The molecule has 0 unspecified atom stereocenters. The Balaban J connectivity index is 0.000000686. The van der Waals surface area contributed by atoms with Gasteiger partial charge in [-0.05, 0) is 31.0 Å². The van der Waals surface area contributed by atoms with Crippen LogP contribution < -0.4 is 0 Å². The molecular formula is C13H18N2O2. The minimum absolute atomic E-state index is 0.0280. The van der Waals surface area contributed by atoms with Gasteiger partial charge in [-0.3, -0.25) is 4.79 Å². The van der Waals surface area contributed by atoms with Crippen LogP contribution in [-0.2, 0) is 11.2 Å². The lowest BCUT2D eigenvalue weighted by molar-refractivity contribution is -0.136. The zero-order valence-corrected chi connectivity index (χ0v) is 10.7. The first-order valence-corrected chi connectivity index (χ1v) is 5.73. The lowest BCUT2D eigenvalue weighted by Gasteiger charge is -1.99. The van der Waals surface area contributed by atoms with Crippen molar-refractivity contribution in [3.05, 3.63) is 35.3 Å². The third kappa shape index (κ3) is 3.06. The third-order valence-corrected chi connectivity index (χ3v) is 2.44. The Bertz CT molecular complexity index is 490. The van der Waals surface area contributed by atoms with Crippen LogP contribution in [0.3, 0.4) is 0 Å². The van der Waals surface area contributed by atoms with Crippen LogP contribution in [-0.4, -0.2) is 20.5 Å². The van der Waals surface area contributed by atoms with Crippen LogP contribution in [0.15, 0.2) is 18.5 Å². The minimum Gasteiger partial charge on any atom is -0.481 e. The highest BCUT2D eigenvalue weighted by Crippen LogP contribution is 2.12. The fourth-order valence-electron chi connectivity index (χ4n) is 1.53. The summed E-state index contributed by atoms with van der Waals surface area (Å²) >= 11 is 0. The van der Waals surface area contributed by atoms with Crippen LogP contribution in [0.4, 0.5) is 0 Å². The van der Waals surface area contributed by atoms with Gasteiger partial charge in [0.15, 0.2) is 0 Å². The second-order valence-corrected chi connectivity index (χ2v) is 3.71. The number of hydrogen-bond acceptors (Lipinski definition) is 2. The number of rotatable bonds is 2. The van der Waals surface area contributed by atoms with E-state index in [0.717, 1.165) is 11.2 Å². The molecule has 0 saturated heterocycles. The molecule has 2 heterocycles. The molecule has 2 aromatic rings. The molecule has 4 nitrogen and oxygen atoms in total. The highest BCUT2D eigenvalue weighted by Gasteiger charge is 2.06. The molecule has 0 amide bonds. The van der Waals surface area contributed by atoms with E-state index >= 15 is 0 Å². The van der Waals surface area contributed by atoms with Gasteiger partial charge in [-0.2, -0.15) is 0 Å². The maximum Gasteiger partial charge on any atom is 0.309 e. The van der Waals surface area contributed by atoms with E-state index < -0.39 is 5.97 Å². The van der Waals surface area contributed by atoms with Crippen LogP contribution in [0.25, 0.3) is 5.65 Å². The normalized spacial score (nSPS) is 9.88. The molecule has 4 heteroatoms. The highest BCUT2D eigenvalue weighted by molar-refractivity contribution is 5.69. The van der Waals surface area contributed by atoms with Gasteiger partial charge in [0, 0.05) is 12.4 Å². The summed E-state index contributed by atoms with van der Waals surface area (Å²) in [5.74, 6) is -0.855. The standard InChI is InChI=1S/C11H12N2O2.C2H6/c1-7-3-10-12-9(4-11(14)15)6-13(10)5-8(7)2;1-2/h3,5-6H,4H2,1-2H3,(H,14,15);1-2H3. The molecule has 2 aromatic heterocycles. The first-order chi connectivity index (χ1) is 8.06. The van der Waals surface area contributed by atoms with Gasteiger partial charge in [0.25, 0.3) is 0 Å². The number of aliphatic carboxylic acids is 1. The van der Waals surface area contributed by atoms with Crippen molar-refractivity contribution in [2.24, 2.45) is 0 Å². The molecule has 0 bridgehead atoms. The topological polar surface area (TPSA) is 54.6 Å². The number of imidazole rings is 1. The van der Waals surface area contributed by atoms with Crippen molar-refractivity contribution in [3.8, 4) is 0 Å². The van der Waals surface area contributed by atoms with Crippen LogP contribution in [0.5, 0.6) is 0 Å². The summed E-state index contributed by atoms with van der Waals surface area (Å²) in [5.41, 5.74) is 3.72. The Morgan fingerprint density at radius 2 is 1.94 bits per heavy atom. The minimum atomic E-state index is -0.855. The van der Waals surface area contributed by atoms with Gasteiger partial charge in [-0.15, -0.1) is 0 Å². The van der Waals surface area contributed by atoms with Crippen LogP contribution in [0.2, 0.25) is 0 Å². The largest absolute Gasteiger partial charge is 0.481 e. The molecule has 0 atom stereocenters. The van der Waals surface area contributed by atoms with E-state index in [1.807, 2.05) is 44.4 Å². The molecule has 0 aliphatic carbocycles. The van der Waals surface area contributed by atoms with Gasteiger partial charge >= 0.3 is 5.97 Å². The number of aromatic nitrogens is 2. The fourth-order valence-corrected chi connectivity index (χ4v) is 1.53. The van der Waals surface area contributed by atoms with Crippen molar-refractivity contribution in [2.75, 3.05) is 0 Å². The molecule has 0 fully saturated rings. The zero-order valence-electron chi connectivity index (χ0n) is 10.7. The van der Waals surface area contributed by atoms with E-state index in [1.54, 1.807) is 6.20 Å². The summed E-state index contributed by atoms with van der Waals surface area (Å²) in [6.45, 7) is 8.03. The molecule has 92 valence electrons. The van der Waals surface area contributed by atoms with E-state index in [9.17, 15) is 4.79 Å². The van der Waals surface area contributed by atoms with Crippen molar-refractivity contribution in [1.29, 1.82) is 0 Å². The Hall–Kier alpha value is -1.84. The van der Waals surface area contributed by atoms with Gasteiger partial charge in [0.2, 0.25) is 0 Å². The summed E-state index contributed by atoms with van der Waals surface area (Å²) in [7, 11) is 0. The molecule has 0 aromatic carbocycles. The van der Waals surface area contributed by atoms with Crippen molar-refractivity contribution in [1.82, 2.24) is 9.38 Å². The first kappa shape index (κ1) is 13.2. The van der Waals surface area contributed by atoms with Crippen molar-refractivity contribution >= 4 is 11.6 Å². The molecule has 17 heavy (non-hydrogen) atoms. The summed E-state index contributed by atoms with van der Waals surface area (Å²) < 4.78 is 1.86. The number of carboxylic acid groups (broad SMARTS) is 1. The number of carbonyl (C=O) groups is 1. The van der Waals surface area contributed by atoms with E-state index in [2.05, 4.69) is 4.98 Å². The van der Waals surface area contributed by atoms with Crippen molar-refractivity contribution in [2.45, 2.75) is 34.1 Å². The number of fused-ring (bicyclic) bond motifs is 1. The van der Waals surface area contributed by atoms with Gasteiger partial charge in [-0.25, -0.2) is 4.98 Å². The molecule has 0 spiro atoms. The zero-order chi connectivity index (χ0) is 13.0. The number of nitrogens with zero attached hydrogens (tertiary/aromatic N) is 2. The van der Waals surface area contributed by atoms with Crippen LogP contribution in [0, 0.1) is 13.8 Å². The Kier molecular flexibility index (Phi) is 4.26. The molecule has 0 aliphatic rings. The average Bonchev–Trinajstić information content (AvgIpc) is 2.62. The number of carboxylic acids is 1. The van der Waals surface area contributed by atoms with Crippen LogP contribution >= 0.6 is 0 Å². The van der Waals surface area contributed by atoms with Crippen molar-refractivity contribution in [3.63, 3.8) is 0 Å². The summed E-state index contributed by atoms with van der Waals surface area (Å²) in [4.78, 5) is 14.8. The quantitative estimate of drug-likeness (QED) is 0.869. The average molecular weight is 234 g/mol. The molecule has 0 saturated carbocycles. The Labute approximate surface area is 101 Å². The van der Waals surface area contributed by atoms with Gasteiger partial charge in [0.1, 0.15) is 5.65 Å². The Morgan fingerprint density at radius 3 is 2.53 bits per heavy atom. The van der Waals surface area contributed by atoms with Gasteiger partial charge in [0.05, 0.1) is 12.1 Å². The molecule has 0 radical (unpaired) electrons. The van der Waals surface area contributed by atoms with E-state index in [4.69, 9.17) is 5.11 Å². The summed E-state index contributed by atoms with van der Waals surface area (Å²) in [6, 6.07) is 1.96. The van der Waals surface area contributed by atoms with Gasteiger partial charge < -0.3 is 9.51 Å². The van der Waals surface area contributed by atoms with Gasteiger partial charge in [-0.1, -0.05) is 13.8 Å². The Morgan fingerprint density at radius 1 is 1.29 bits per heavy atom. The first-order valence-electron chi connectivity index (χ1n) is 5.73. The monoisotopic (exact) mass is 234 g/mol. The third-order valence-electron chi connectivity index (χ3n) is 2.44. The number of aryl methyl sites for hydroxylation is 2. The SMILES string of the molecule is CC.Cc1cc2nc(CC(=O)O)cn2cc1C. The molecular weight excluding hydrogens is 216 g/mol. The number of hydrogen-bond donors (Lipinski definition) is 1. The lowest BCUT2D eigenvalue weighted by Crippen LogP contribution is -1.99. The summed E-state index contributed by atoms with van der Waals surface area (Å²) in [6.07, 6.45) is 3.69. The van der Waals surface area contributed by atoms with Crippen LogP contribution in [0.1, 0.15) is 30.7 Å². The fraction of sp³-hybridized carbons (Fsp3) is 0.385. The maximum absolute atomic E-state index is 10.5. The second-order valence-electron chi connectivity index (χ2n) is 3.71. The van der Waals surface area contributed by atoms with Crippen molar-refractivity contribution < 1.29 is 9.90 Å². The predicted octanol–water partition coefficient (Wildman–Crippen LogP) is 2.60. The molecule has 2 rings (SSSR count). The van der Waals surface area contributed by atoms with E-state index in [0.29, 0.717) is 5.69 Å². The predicted molar refractivity (Wildman–Crippen MR) is 67.4 cm³/mol. The van der Waals surface area contributed by atoms with E-state index in [1.165, 1.54) is 5.56 Å². The highest BCUT2D eigenvalue weighted by atomic mass is 16.4. The maximum atomic E-state index is 10.5. The smallest absolute Gasteiger partial charge is 0.309 e. The lowest BCUT2D eigenvalue weighted by atomic mass is 10.2. The molecule has 0 aliphatic heterocycles. The summed E-state index contributed by atoms with van der Waals surface area (Å²) in [5, 5.41) is 8.65.